The summed E-state index contributed by atoms with van der Waals surface area (Å²) in [5.41, 5.74) is 1.83. The summed E-state index contributed by atoms with van der Waals surface area (Å²) in [5, 5.41) is 5.68. The monoisotopic (exact) mass is 313 g/mol. The Balaban J connectivity index is 0.00000200. The van der Waals surface area contributed by atoms with Crippen LogP contribution in [-0.4, -0.2) is 22.5 Å². The number of rotatable bonds is 5. The number of hydrogen-bond donors (Lipinski definition) is 1. The first-order valence-corrected chi connectivity index (χ1v) is 6.85. The van der Waals surface area contributed by atoms with E-state index in [1.54, 1.807) is 13.1 Å². The maximum atomic E-state index is 11.3. The number of nitrogens with zero attached hydrogens (tertiary/aromatic N) is 2. The van der Waals surface area contributed by atoms with Gasteiger partial charge in [-0.3, -0.25) is 4.79 Å². The number of aromatic nitrogens is 2. The molecule has 5 nitrogen and oxygen atoms in total. The van der Waals surface area contributed by atoms with E-state index < -0.39 is 0 Å². The van der Waals surface area contributed by atoms with Gasteiger partial charge in [0.1, 0.15) is 5.82 Å². The van der Waals surface area contributed by atoms with E-state index in [-0.39, 0.29) is 24.8 Å². The molecule has 20 heavy (non-hydrogen) atoms. The number of carbonyl (C=O) groups is 1. The summed E-state index contributed by atoms with van der Waals surface area (Å²) < 4.78 is 4.88. The molecule has 1 N–H and O–H groups in total. The number of aryl methyl sites for hydroxylation is 1. The van der Waals surface area contributed by atoms with E-state index in [0.29, 0.717) is 12.3 Å². The molecule has 0 aliphatic heterocycles. The van der Waals surface area contributed by atoms with E-state index in [9.17, 15) is 4.79 Å². The molecule has 0 saturated heterocycles. The van der Waals surface area contributed by atoms with Gasteiger partial charge in [-0.2, -0.15) is 0 Å². The Morgan fingerprint density at radius 1 is 1.50 bits per heavy atom. The van der Waals surface area contributed by atoms with Crippen LogP contribution in [0.15, 0.2) is 23.7 Å². The van der Waals surface area contributed by atoms with Crippen molar-refractivity contribution >= 4 is 40.7 Å². The number of nitrogens with one attached hydrogen (secondary N) is 1. The second kappa shape index (κ2) is 7.81. The third-order valence-electron chi connectivity index (χ3n) is 2.33. The van der Waals surface area contributed by atoms with Crippen LogP contribution >= 0.6 is 23.7 Å². The lowest BCUT2D eigenvalue weighted by Crippen LogP contribution is -2.07. The normalized spacial score (nSPS) is 9.70. The van der Waals surface area contributed by atoms with Gasteiger partial charge in [-0.15, -0.1) is 23.7 Å². The Hall–Kier alpha value is -1.66. The number of ether oxygens (including phenoxy) is 1. The van der Waals surface area contributed by atoms with E-state index >= 15 is 0 Å². The van der Waals surface area contributed by atoms with Crippen molar-refractivity contribution in [3.8, 4) is 0 Å². The fourth-order valence-corrected chi connectivity index (χ4v) is 2.24. The van der Waals surface area contributed by atoms with Gasteiger partial charge in [-0.25, -0.2) is 9.97 Å². The molecule has 2 aromatic rings. The topological polar surface area (TPSA) is 64.1 Å². The molecule has 0 bridgehead atoms. The zero-order valence-corrected chi connectivity index (χ0v) is 12.9. The third kappa shape index (κ3) is 4.79. The molecule has 2 aromatic heterocycles. The van der Waals surface area contributed by atoms with Gasteiger partial charge in [-0.1, -0.05) is 0 Å². The first-order valence-electron chi connectivity index (χ1n) is 5.97. The molecule has 0 atom stereocenters. The minimum absolute atomic E-state index is 0. The minimum Gasteiger partial charge on any atom is -0.466 e. The molecule has 2 rings (SSSR count). The van der Waals surface area contributed by atoms with Gasteiger partial charge in [0, 0.05) is 11.6 Å². The molecule has 0 aliphatic rings. The number of esters is 1. The van der Waals surface area contributed by atoms with E-state index in [4.69, 9.17) is 4.74 Å². The SMILES string of the molecule is CCOC(=O)Cc1csc(Nc2cc(C)ccn2)n1.Cl. The van der Waals surface area contributed by atoms with E-state index in [0.717, 1.165) is 16.5 Å². The van der Waals surface area contributed by atoms with Crippen LogP contribution in [-0.2, 0) is 16.0 Å². The van der Waals surface area contributed by atoms with E-state index in [1.165, 1.54) is 11.3 Å². The number of anilines is 2. The highest BCUT2D eigenvalue weighted by molar-refractivity contribution is 7.13. The predicted octanol–water partition coefficient (Wildman–Crippen LogP) is 3.12. The summed E-state index contributed by atoms with van der Waals surface area (Å²) in [6.07, 6.45) is 1.94. The van der Waals surface area contributed by atoms with Crippen molar-refractivity contribution in [3.05, 3.63) is 35.0 Å². The molecular formula is C13H16ClN3O2S. The first-order chi connectivity index (χ1) is 9.17. The fourth-order valence-electron chi connectivity index (χ4n) is 1.52. The predicted molar refractivity (Wildman–Crippen MR) is 82.0 cm³/mol. The number of hydrogen-bond acceptors (Lipinski definition) is 6. The van der Waals surface area contributed by atoms with E-state index in [2.05, 4.69) is 15.3 Å². The Labute approximate surface area is 127 Å². The second-order valence-corrected chi connectivity index (χ2v) is 4.83. The van der Waals surface area contributed by atoms with Crippen LogP contribution < -0.4 is 5.32 Å². The molecule has 0 aromatic carbocycles. The van der Waals surface area contributed by atoms with Crippen molar-refractivity contribution in [2.75, 3.05) is 11.9 Å². The standard InChI is InChI=1S/C13H15N3O2S.ClH/c1-3-18-12(17)7-10-8-19-13(15-10)16-11-6-9(2)4-5-14-11;/h4-6,8H,3,7H2,1-2H3,(H,14,15,16);1H. The number of thiazole rings is 1. The van der Waals surface area contributed by atoms with Gasteiger partial charge < -0.3 is 10.1 Å². The summed E-state index contributed by atoms with van der Waals surface area (Å²) in [6.45, 7) is 4.18. The lowest BCUT2D eigenvalue weighted by molar-refractivity contribution is -0.142. The van der Waals surface area contributed by atoms with Gasteiger partial charge in [0.05, 0.1) is 18.7 Å². The maximum absolute atomic E-state index is 11.3. The highest BCUT2D eigenvalue weighted by atomic mass is 35.5. The lowest BCUT2D eigenvalue weighted by Gasteiger charge is -2.01. The van der Waals surface area contributed by atoms with Crippen LogP contribution in [0, 0.1) is 6.92 Å². The summed E-state index contributed by atoms with van der Waals surface area (Å²) in [5.74, 6) is 0.491. The summed E-state index contributed by atoms with van der Waals surface area (Å²) in [4.78, 5) is 19.9. The van der Waals surface area contributed by atoms with Crippen molar-refractivity contribution in [2.45, 2.75) is 20.3 Å². The Morgan fingerprint density at radius 2 is 2.30 bits per heavy atom. The Morgan fingerprint density at radius 3 is 3.00 bits per heavy atom. The first kappa shape index (κ1) is 16.4. The Bertz CT molecular complexity index is 574. The maximum Gasteiger partial charge on any atom is 0.311 e. The van der Waals surface area contributed by atoms with Crippen molar-refractivity contribution in [1.29, 1.82) is 0 Å². The smallest absolute Gasteiger partial charge is 0.311 e. The highest BCUT2D eigenvalue weighted by Crippen LogP contribution is 2.20. The molecule has 2 heterocycles. The van der Waals surface area contributed by atoms with Gasteiger partial charge in [0.25, 0.3) is 0 Å². The van der Waals surface area contributed by atoms with Crippen LogP contribution in [0.4, 0.5) is 10.9 Å². The van der Waals surface area contributed by atoms with Crippen LogP contribution in [0.3, 0.4) is 0 Å². The van der Waals surface area contributed by atoms with Crippen molar-refractivity contribution in [1.82, 2.24) is 9.97 Å². The van der Waals surface area contributed by atoms with Gasteiger partial charge >= 0.3 is 5.97 Å². The fraction of sp³-hybridized carbons (Fsp3) is 0.308. The number of halogens is 1. The van der Waals surface area contributed by atoms with Crippen LogP contribution in [0.2, 0.25) is 0 Å². The molecule has 0 aliphatic carbocycles. The number of pyridine rings is 1. The quantitative estimate of drug-likeness (QED) is 0.859. The molecule has 0 saturated carbocycles. The average molecular weight is 314 g/mol. The van der Waals surface area contributed by atoms with Gasteiger partial charge in [-0.05, 0) is 31.5 Å². The van der Waals surface area contributed by atoms with Crippen molar-refractivity contribution in [2.24, 2.45) is 0 Å². The second-order valence-electron chi connectivity index (χ2n) is 3.97. The van der Waals surface area contributed by atoms with Crippen molar-refractivity contribution in [3.63, 3.8) is 0 Å². The number of carbonyl (C=O) groups excluding carboxylic acids is 1. The molecule has 0 spiro atoms. The lowest BCUT2D eigenvalue weighted by atomic mass is 10.3. The summed E-state index contributed by atoms with van der Waals surface area (Å²) >= 11 is 1.44. The molecule has 108 valence electrons. The third-order valence-corrected chi connectivity index (χ3v) is 3.14. The zero-order chi connectivity index (χ0) is 13.7. The molecular weight excluding hydrogens is 298 g/mol. The molecule has 7 heteroatoms. The highest BCUT2D eigenvalue weighted by Gasteiger charge is 2.08. The average Bonchev–Trinajstić information content (AvgIpc) is 2.76. The van der Waals surface area contributed by atoms with Crippen LogP contribution in [0.5, 0.6) is 0 Å². The molecule has 0 fully saturated rings. The molecule has 0 radical (unpaired) electrons. The largest absolute Gasteiger partial charge is 0.466 e. The summed E-state index contributed by atoms with van der Waals surface area (Å²) in [7, 11) is 0. The molecule has 0 unspecified atom stereocenters. The van der Waals surface area contributed by atoms with Crippen LogP contribution in [0.25, 0.3) is 0 Å². The van der Waals surface area contributed by atoms with Gasteiger partial charge in [0.15, 0.2) is 5.13 Å². The Kier molecular flexibility index (Phi) is 6.41. The van der Waals surface area contributed by atoms with Crippen molar-refractivity contribution < 1.29 is 9.53 Å². The van der Waals surface area contributed by atoms with E-state index in [1.807, 2.05) is 24.4 Å². The van der Waals surface area contributed by atoms with Crippen LogP contribution in [0.1, 0.15) is 18.2 Å². The zero-order valence-electron chi connectivity index (χ0n) is 11.3. The minimum atomic E-state index is -0.256. The summed E-state index contributed by atoms with van der Waals surface area (Å²) in [6, 6.07) is 3.87. The van der Waals surface area contributed by atoms with Gasteiger partial charge in [0.2, 0.25) is 0 Å². The molecule has 0 amide bonds.